The number of methoxy groups -OCH3 is 1. The largest absolute Gasteiger partial charge is 0.493 e. The van der Waals surface area contributed by atoms with Crippen molar-refractivity contribution in [1.82, 2.24) is 9.62 Å². The summed E-state index contributed by atoms with van der Waals surface area (Å²) in [6.45, 7) is 2.35. The summed E-state index contributed by atoms with van der Waals surface area (Å²) in [4.78, 5) is 4.22. The smallest absolute Gasteiger partial charge is 0.211 e. The molecule has 1 aliphatic heterocycles. The minimum absolute atomic E-state index is 0.0472. The maximum atomic E-state index is 11.8. The Morgan fingerprint density at radius 3 is 2.89 bits per heavy atom. The minimum atomic E-state index is -3.18. The first-order valence-electron chi connectivity index (χ1n) is 9.10. The molecule has 0 radical (unpaired) electrons. The molecule has 0 amide bonds. The monoisotopic (exact) mass is 398 g/mol. The van der Waals surface area contributed by atoms with E-state index in [9.17, 15) is 8.42 Å². The van der Waals surface area contributed by atoms with E-state index in [1.807, 2.05) is 24.3 Å². The van der Waals surface area contributed by atoms with Crippen molar-refractivity contribution in [2.24, 2.45) is 4.99 Å². The highest BCUT2D eigenvalue weighted by Crippen LogP contribution is 2.20. The van der Waals surface area contributed by atoms with Crippen molar-refractivity contribution in [1.29, 1.82) is 0 Å². The van der Waals surface area contributed by atoms with E-state index in [0.29, 0.717) is 32.3 Å². The summed E-state index contributed by atoms with van der Waals surface area (Å²) in [5.74, 6) is 1.36. The van der Waals surface area contributed by atoms with Crippen LogP contribution < -0.4 is 15.4 Å². The van der Waals surface area contributed by atoms with Crippen LogP contribution in [0.5, 0.6) is 5.75 Å². The van der Waals surface area contributed by atoms with Gasteiger partial charge in [0.2, 0.25) is 10.0 Å². The number of hydrogen-bond donors (Lipinski definition) is 2. The van der Waals surface area contributed by atoms with Crippen LogP contribution in [0.2, 0.25) is 0 Å². The number of anilines is 1. The normalized spacial score (nSPS) is 18.5. The van der Waals surface area contributed by atoms with Gasteiger partial charge in [-0.3, -0.25) is 4.99 Å². The van der Waals surface area contributed by atoms with Gasteiger partial charge in [0.25, 0.3) is 0 Å². The molecular weight excluding hydrogens is 368 g/mol. The maximum absolute atomic E-state index is 11.8. The van der Waals surface area contributed by atoms with Crippen molar-refractivity contribution in [3.05, 3.63) is 24.3 Å². The Kier molecular flexibility index (Phi) is 8.33. The molecule has 0 aliphatic carbocycles. The van der Waals surface area contributed by atoms with E-state index < -0.39 is 10.0 Å². The van der Waals surface area contributed by atoms with E-state index in [-0.39, 0.29) is 6.04 Å². The first kappa shape index (κ1) is 21.5. The van der Waals surface area contributed by atoms with Crippen LogP contribution in [-0.2, 0) is 14.8 Å². The molecule has 0 unspecified atom stereocenters. The highest BCUT2D eigenvalue weighted by Gasteiger charge is 2.31. The summed E-state index contributed by atoms with van der Waals surface area (Å²) in [5, 5.41) is 6.43. The fourth-order valence-corrected chi connectivity index (χ4v) is 4.22. The van der Waals surface area contributed by atoms with Gasteiger partial charge in [-0.2, -0.15) is 4.31 Å². The van der Waals surface area contributed by atoms with E-state index in [4.69, 9.17) is 9.47 Å². The topological polar surface area (TPSA) is 92.3 Å². The van der Waals surface area contributed by atoms with Crippen molar-refractivity contribution in [3.8, 4) is 5.75 Å². The molecule has 1 fully saturated rings. The van der Waals surface area contributed by atoms with Gasteiger partial charge in [0.1, 0.15) is 5.75 Å². The lowest BCUT2D eigenvalue weighted by Gasteiger charge is -2.23. The molecule has 2 N–H and O–H groups in total. The molecule has 0 aromatic heterocycles. The Bertz CT molecular complexity index is 724. The Labute approximate surface area is 162 Å². The van der Waals surface area contributed by atoms with Gasteiger partial charge in [0.15, 0.2) is 5.96 Å². The van der Waals surface area contributed by atoms with Gasteiger partial charge in [-0.05, 0) is 25.0 Å². The molecule has 0 spiro atoms. The molecule has 8 nitrogen and oxygen atoms in total. The number of benzene rings is 1. The molecule has 2 rings (SSSR count). The Hall–Kier alpha value is -1.84. The third-order valence-electron chi connectivity index (χ3n) is 4.34. The Balaban J connectivity index is 1.88. The van der Waals surface area contributed by atoms with Gasteiger partial charge in [-0.1, -0.05) is 6.07 Å². The van der Waals surface area contributed by atoms with E-state index in [2.05, 4.69) is 15.6 Å². The first-order chi connectivity index (χ1) is 12.9. The standard InChI is InChI=1S/C18H30N4O4S/c1-19-18(20-14-16-8-5-10-22(16)27(3,23)24)21-15-7-4-9-17(13-15)26-12-6-11-25-2/h4,7,9,13,16H,5-6,8,10-12,14H2,1-3H3,(H2,19,20,21)/t16-/m1/s1. The summed E-state index contributed by atoms with van der Waals surface area (Å²) in [6.07, 6.45) is 3.82. The molecule has 0 saturated carbocycles. The Morgan fingerprint density at radius 1 is 1.37 bits per heavy atom. The van der Waals surface area contributed by atoms with Crippen molar-refractivity contribution >= 4 is 21.7 Å². The first-order valence-corrected chi connectivity index (χ1v) is 10.9. The van der Waals surface area contributed by atoms with Crippen LogP contribution >= 0.6 is 0 Å². The zero-order valence-corrected chi connectivity index (χ0v) is 17.1. The third-order valence-corrected chi connectivity index (χ3v) is 5.67. The number of nitrogens with zero attached hydrogens (tertiary/aromatic N) is 2. The SMILES string of the molecule is CN=C(NC[C@H]1CCCN1S(C)(=O)=O)Nc1cccc(OCCCOC)c1. The summed E-state index contributed by atoms with van der Waals surface area (Å²) < 4.78 is 36.0. The van der Waals surface area contributed by atoms with E-state index in [0.717, 1.165) is 30.7 Å². The number of ether oxygens (including phenoxy) is 2. The summed E-state index contributed by atoms with van der Waals surface area (Å²) in [7, 11) is 0.178. The fraction of sp³-hybridized carbons (Fsp3) is 0.611. The third kappa shape index (κ3) is 7.00. The number of aliphatic imine (C=N–C) groups is 1. The predicted molar refractivity (Wildman–Crippen MR) is 108 cm³/mol. The van der Waals surface area contributed by atoms with E-state index in [1.54, 1.807) is 18.5 Å². The van der Waals surface area contributed by atoms with Crippen LogP contribution in [0, 0.1) is 0 Å². The molecule has 1 aromatic rings. The number of rotatable bonds is 9. The predicted octanol–water partition coefficient (Wildman–Crippen LogP) is 1.51. The van der Waals surface area contributed by atoms with Gasteiger partial charge in [0.05, 0.1) is 12.9 Å². The number of sulfonamides is 1. The van der Waals surface area contributed by atoms with Crippen LogP contribution in [0.15, 0.2) is 29.3 Å². The van der Waals surface area contributed by atoms with Gasteiger partial charge < -0.3 is 20.1 Å². The van der Waals surface area contributed by atoms with Gasteiger partial charge in [-0.15, -0.1) is 0 Å². The van der Waals surface area contributed by atoms with Crippen molar-refractivity contribution in [2.75, 3.05) is 52.0 Å². The molecular formula is C18H30N4O4S. The zero-order valence-electron chi connectivity index (χ0n) is 16.3. The molecule has 27 heavy (non-hydrogen) atoms. The van der Waals surface area contributed by atoms with Crippen LogP contribution in [0.1, 0.15) is 19.3 Å². The number of hydrogen-bond acceptors (Lipinski definition) is 5. The second-order valence-corrected chi connectivity index (χ2v) is 8.41. The summed E-state index contributed by atoms with van der Waals surface area (Å²) in [6, 6.07) is 7.58. The van der Waals surface area contributed by atoms with Crippen LogP contribution in [0.25, 0.3) is 0 Å². The second-order valence-electron chi connectivity index (χ2n) is 6.47. The fourth-order valence-electron chi connectivity index (χ4n) is 3.04. The Morgan fingerprint density at radius 2 is 2.19 bits per heavy atom. The van der Waals surface area contributed by atoms with E-state index in [1.165, 1.54) is 6.26 Å². The number of guanidine groups is 1. The molecule has 1 aromatic carbocycles. The van der Waals surface area contributed by atoms with Crippen LogP contribution in [0.3, 0.4) is 0 Å². The molecule has 9 heteroatoms. The average molecular weight is 399 g/mol. The maximum Gasteiger partial charge on any atom is 0.211 e. The lowest BCUT2D eigenvalue weighted by Crippen LogP contribution is -2.44. The average Bonchev–Trinajstić information content (AvgIpc) is 3.12. The lowest BCUT2D eigenvalue weighted by atomic mass is 10.2. The van der Waals surface area contributed by atoms with Gasteiger partial charge in [0, 0.05) is 58.1 Å². The van der Waals surface area contributed by atoms with Crippen molar-refractivity contribution in [2.45, 2.75) is 25.3 Å². The molecule has 1 atom stereocenters. The summed E-state index contributed by atoms with van der Waals surface area (Å²) in [5.41, 5.74) is 0.846. The minimum Gasteiger partial charge on any atom is -0.493 e. The second kappa shape index (κ2) is 10.5. The van der Waals surface area contributed by atoms with Crippen LogP contribution in [-0.4, -0.2) is 71.4 Å². The van der Waals surface area contributed by atoms with Crippen molar-refractivity contribution in [3.63, 3.8) is 0 Å². The molecule has 1 saturated heterocycles. The number of nitrogens with one attached hydrogen (secondary N) is 2. The molecule has 152 valence electrons. The van der Waals surface area contributed by atoms with E-state index >= 15 is 0 Å². The summed E-state index contributed by atoms with van der Waals surface area (Å²) >= 11 is 0. The van der Waals surface area contributed by atoms with Crippen LogP contribution in [0.4, 0.5) is 5.69 Å². The highest BCUT2D eigenvalue weighted by molar-refractivity contribution is 7.88. The van der Waals surface area contributed by atoms with Gasteiger partial charge >= 0.3 is 0 Å². The van der Waals surface area contributed by atoms with Gasteiger partial charge in [-0.25, -0.2) is 8.42 Å². The molecule has 1 heterocycles. The van der Waals surface area contributed by atoms with Crippen molar-refractivity contribution < 1.29 is 17.9 Å². The highest BCUT2D eigenvalue weighted by atomic mass is 32.2. The molecule has 1 aliphatic rings. The quantitative estimate of drug-likeness (QED) is 0.372. The zero-order chi connectivity index (χ0) is 19.7. The lowest BCUT2D eigenvalue weighted by molar-refractivity contribution is 0.172. The molecule has 0 bridgehead atoms.